The minimum Gasteiger partial charge on any atom is -0.489 e. The molecule has 1 unspecified atom stereocenters. The molecule has 1 saturated heterocycles. The fourth-order valence-corrected chi connectivity index (χ4v) is 3.50. The maximum atomic E-state index is 6.20. The topological polar surface area (TPSA) is 18.5 Å². The fraction of sp³-hybridized carbons (Fsp3) is 0.600. The van der Waals surface area contributed by atoms with Crippen molar-refractivity contribution in [3.05, 3.63) is 28.2 Å². The summed E-state index contributed by atoms with van der Waals surface area (Å²) in [6.45, 7) is 0.557. The molecule has 3 rings (SSSR count). The van der Waals surface area contributed by atoms with Gasteiger partial charge in [0.25, 0.3) is 0 Å². The van der Waals surface area contributed by atoms with Crippen molar-refractivity contribution in [1.82, 2.24) is 0 Å². The van der Waals surface area contributed by atoms with Gasteiger partial charge in [-0.25, -0.2) is 0 Å². The summed E-state index contributed by atoms with van der Waals surface area (Å²) in [5, 5.41) is 1.23. The zero-order valence-electron chi connectivity index (χ0n) is 10.8. The quantitative estimate of drug-likeness (QED) is 0.793. The third-order valence-electron chi connectivity index (χ3n) is 4.17. The maximum Gasteiger partial charge on any atom is 0.139 e. The molecule has 0 amide bonds. The summed E-state index contributed by atoms with van der Waals surface area (Å²) in [6, 6.07) is 5.27. The van der Waals surface area contributed by atoms with Gasteiger partial charge in [-0.05, 0) is 37.8 Å². The Morgan fingerprint density at radius 1 is 1.21 bits per heavy atom. The van der Waals surface area contributed by atoms with E-state index in [1.807, 2.05) is 0 Å². The summed E-state index contributed by atoms with van der Waals surface area (Å²) in [5.74, 6) is 0.644. The number of benzene rings is 1. The molecule has 2 fully saturated rings. The van der Waals surface area contributed by atoms with E-state index in [0.717, 1.165) is 6.42 Å². The Morgan fingerprint density at radius 3 is 2.79 bits per heavy atom. The van der Waals surface area contributed by atoms with Crippen LogP contribution >= 0.6 is 23.2 Å². The lowest BCUT2D eigenvalue weighted by atomic mass is 9.98. The van der Waals surface area contributed by atoms with Gasteiger partial charge in [0, 0.05) is 11.1 Å². The van der Waals surface area contributed by atoms with Crippen LogP contribution in [0.2, 0.25) is 10.0 Å². The highest BCUT2D eigenvalue weighted by atomic mass is 35.5. The molecule has 4 heteroatoms. The summed E-state index contributed by atoms with van der Waals surface area (Å²) < 4.78 is 12.0. The molecule has 1 aliphatic heterocycles. The molecule has 104 valence electrons. The van der Waals surface area contributed by atoms with Crippen molar-refractivity contribution in [2.24, 2.45) is 0 Å². The molecule has 0 bridgehead atoms. The van der Waals surface area contributed by atoms with Crippen LogP contribution in [0.4, 0.5) is 0 Å². The summed E-state index contributed by atoms with van der Waals surface area (Å²) in [7, 11) is 0. The van der Waals surface area contributed by atoms with E-state index >= 15 is 0 Å². The first kappa shape index (κ1) is 13.5. The molecular formula is C15H18Cl2O2. The monoisotopic (exact) mass is 300 g/mol. The van der Waals surface area contributed by atoms with Crippen LogP contribution < -0.4 is 4.74 Å². The SMILES string of the molecule is Clc1ccc(Cl)c(OCC2CCC3(CCCC3)O2)c1. The molecule has 0 radical (unpaired) electrons. The molecule has 2 nitrogen and oxygen atoms in total. The standard InChI is InChI=1S/C15H18Cl2O2/c16-11-3-4-13(17)14(9-11)18-10-12-5-8-15(19-12)6-1-2-7-15/h3-4,9,12H,1-2,5-8,10H2. The normalized spacial score (nSPS) is 25.1. The molecule has 19 heavy (non-hydrogen) atoms. The molecule has 1 atom stereocenters. The van der Waals surface area contributed by atoms with Gasteiger partial charge in [-0.1, -0.05) is 36.0 Å². The smallest absolute Gasteiger partial charge is 0.139 e. The highest BCUT2D eigenvalue weighted by molar-refractivity contribution is 6.34. The van der Waals surface area contributed by atoms with E-state index < -0.39 is 0 Å². The largest absolute Gasteiger partial charge is 0.489 e. The second-order valence-corrected chi connectivity index (χ2v) is 6.40. The lowest BCUT2D eigenvalue weighted by Crippen LogP contribution is -2.27. The zero-order valence-corrected chi connectivity index (χ0v) is 12.3. The highest BCUT2D eigenvalue weighted by Crippen LogP contribution is 2.43. The average Bonchev–Trinajstić information content (AvgIpc) is 3.02. The van der Waals surface area contributed by atoms with Crippen LogP contribution in [-0.2, 0) is 4.74 Å². The molecule has 1 aromatic rings. The van der Waals surface area contributed by atoms with Gasteiger partial charge in [-0.3, -0.25) is 0 Å². The number of ether oxygens (including phenoxy) is 2. The second-order valence-electron chi connectivity index (χ2n) is 5.55. The van der Waals surface area contributed by atoms with Gasteiger partial charge in [0.2, 0.25) is 0 Å². The first-order valence-corrected chi connectivity index (χ1v) is 7.68. The lowest BCUT2D eigenvalue weighted by molar-refractivity contribution is -0.0508. The third kappa shape index (κ3) is 3.01. The van der Waals surface area contributed by atoms with E-state index in [1.54, 1.807) is 18.2 Å². The van der Waals surface area contributed by atoms with Gasteiger partial charge in [-0.15, -0.1) is 0 Å². The Balaban J connectivity index is 1.57. The van der Waals surface area contributed by atoms with Crippen molar-refractivity contribution in [3.63, 3.8) is 0 Å². The van der Waals surface area contributed by atoms with E-state index in [-0.39, 0.29) is 11.7 Å². The minimum atomic E-state index is 0.159. The molecule has 1 aromatic carbocycles. The van der Waals surface area contributed by atoms with Gasteiger partial charge in [0.1, 0.15) is 12.4 Å². The van der Waals surface area contributed by atoms with Crippen LogP contribution in [0.1, 0.15) is 38.5 Å². The van der Waals surface area contributed by atoms with Crippen LogP contribution in [0.15, 0.2) is 18.2 Å². The van der Waals surface area contributed by atoms with E-state index in [1.165, 1.54) is 32.1 Å². The molecular weight excluding hydrogens is 283 g/mol. The third-order valence-corrected chi connectivity index (χ3v) is 4.72. The minimum absolute atomic E-state index is 0.159. The lowest BCUT2D eigenvalue weighted by Gasteiger charge is -2.23. The number of halogens is 2. The Hall–Kier alpha value is -0.440. The van der Waals surface area contributed by atoms with Gasteiger partial charge < -0.3 is 9.47 Å². The van der Waals surface area contributed by atoms with Gasteiger partial charge in [-0.2, -0.15) is 0 Å². The summed E-state index contributed by atoms with van der Waals surface area (Å²) in [5.41, 5.74) is 0.159. The van der Waals surface area contributed by atoms with Crippen molar-refractivity contribution in [2.45, 2.75) is 50.2 Å². The number of rotatable bonds is 3. The Bertz CT molecular complexity index is 455. The Labute approximate surface area is 124 Å². The van der Waals surface area contributed by atoms with Crippen LogP contribution in [0.5, 0.6) is 5.75 Å². The van der Waals surface area contributed by atoms with Crippen molar-refractivity contribution in [3.8, 4) is 5.75 Å². The van der Waals surface area contributed by atoms with E-state index in [9.17, 15) is 0 Å². The molecule has 1 aliphatic carbocycles. The number of hydrogen-bond donors (Lipinski definition) is 0. The molecule has 1 saturated carbocycles. The van der Waals surface area contributed by atoms with Crippen LogP contribution in [0, 0.1) is 0 Å². The van der Waals surface area contributed by atoms with Crippen molar-refractivity contribution in [2.75, 3.05) is 6.61 Å². The Morgan fingerprint density at radius 2 is 2.00 bits per heavy atom. The molecule has 1 heterocycles. The van der Waals surface area contributed by atoms with Crippen LogP contribution in [0.3, 0.4) is 0 Å². The first-order chi connectivity index (χ1) is 9.17. The summed E-state index contributed by atoms with van der Waals surface area (Å²) in [4.78, 5) is 0. The summed E-state index contributed by atoms with van der Waals surface area (Å²) in [6.07, 6.45) is 7.46. The van der Waals surface area contributed by atoms with Gasteiger partial charge in [0.05, 0.1) is 16.7 Å². The molecule has 2 aliphatic rings. The molecule has 0 aromatic heterocycles. The Kier molecular flexibility index (Phi) is 3.93. The number of hydrogen-bond acceptors (Lipinski definition) is 2. The van der Waals surface area contributed by atoms with Gasteiger partial charge in [0.15, 0.2) is 0 Å². The zero-order chi connectivity index (χ0) is 13.3. The van der Waals surface area contributed by atoms with Crippen LogP contribution in [-0.4, -0.2) is 18.3 Å². The maximum absolute atomic E-state index is 6.20. The van der Waals surface area contributed by atoms with E-state index in [0.29, 0.717) is 22.4 Å². The average molecular weight is 301 g/mol. The van der Waals surface area contributed by atoms with Crippen molar-refractivity contribution < 1.29 is 9.47 Å². The summed E-state index contributed by atoms with van der Waals surface area (Å²) >= 11 is 12.0. The first-order valence-electron chi connectivity index (χ1n) is 6.93. The molecule has 1 spiro atoms. The second kappa shape index (κ2) is 5.51. The van der Waals surface area contributed by atoms with E-state index in [4.69, 9.17) is 32.7 Å². The fourth-order valence-electron chi connectivity index (χ4n) is 3.17. The van der Waals surface area contributed by atoms with E-state index in [2.05, 4.69) is 0 Å². The highest BCUT2D eigenvalue weighted by Gasteiger charge is 2.42. The predicted molar refractivity (Wildman–Crippen MR) is 77.3 cm³/mol. The van der Waals surface area contributed by atoms with Crippen LogP contribution in [0.25, 0.3) is 0 Å². The predicted octanol–water partition coefficient (Wildman–Crippen LogP) is 4.86. The molecule has 0 N–H and O–H groups in total. The van der Waals surface area contributed by atoms with Crippen molar-refractivity contribution >= 4 is 23.2 Å². The van der Waals surface area contributed by atoms with Crippen molar-refractivity contribution in [1.29, 1.82) is 0 Å². The van der Waals surface area contributed by atoms with Gasteiger partial charge >= 0.3 is 0 Å².